The van der Waals surface area contributed by atoms with E-state index in [0.717, 1.165) is 43.4 Å². The van der Waals surface area contributed by atoms with E-state index in [1.165, 1.54) is 0 Å². The second-order valence-corrected chi connectivity index (χ2v) is 7.12. The molecule has 0 aliphatic carbocycles. The number of likely N-dealkylation sites (tertiary alicyclic amines) is 1. The van der Waals surface area contributed by atoms with Crippen molar-refractivity contribution in [2.45, 2.75) is 38.6 Å². The third kappa shape index (κ3) is 4.13. The van der Waals surface area contributed by atoms with Gasteiger partial charge >= 0.3 is 6.03 Å². The van der Waals surface area contributed by atoms with E-state index in [4.69, 9.17) is 16.3 Å². The van der Waals surface area contributed by atoms with E-state index in [1.807, 2.05) is 54.3 Å². The average Bonchev–Trinajstić information content (AvgIpc) is 2.88. The van der Waals surface area contributed by atoms with Crippen LogP contribution >= 0.6 is 11.6 Å². The molecule has 0 bridgehead atoms. The fourth-order valence-electron chi connectivity index (χ4n) is 3.53. The number of aryl methyl sites for hydroxylation is 1. The summed E-state index contributed by atoms with van der Waals surface area (Å²) >= 11 is 6.43. The van der Waals surface area contributed by atoms with Gasteiger partial charge in [0.15, 0.2) is 0 Å². The molecular weight excluding hydrogens is 348 g/mol. The van der Waals surface area contributed by atoms with E-state index in [9.17, 15) is 4.79 Å². The molecule has 1 aliphatic heterocycles. The van der Waals surface area contributed by atoms with Crippen LogP contribution in [0.25, 0.3) is 0 Å². The van der Waals surface area contributed by atoms with Crippen molar-refractivity contribution in [2.24, 2.45) is 0 Å². The molecule has 1 heterocycles. The van der Waals surface area contributed by atoms with Crippen LogP contribution in [0, 0.1) is 6.92 Å². The topological polar surface area (TPSA) is 41.6 Å². The Labute approximate surface area is 160 Å². The second-order valence-electron chi connectivity index (χ2n) is 6.71. The standard InChI is InChI=1S/C21H25ClN2O2/c1-15-11-12-20(26-2)18(14-15)23-21(25)24-13-7-3-4-10-19(24)16-8-5-6-9-17(16)22/h5-6,8-9,11-12,14,19H,3-4,7,10,13H2,1-2H3,(H,23,25)/t19-/m1/s1. The van der Waals surface area contributed by atoms with Gasteiger partial charge in [0.2, 0.25) is 0 Å². The van der Waals surface area contributed by atoms with Crippen LogP contribution in [0.5, 0.6) is 5.75 Å². The van der Waals surface area contributed by atoms with Crippen LogP contribution in [0.15, 0.2) is 42.5 Å². The predicted octanol–water partition coefficient (Wildman–Crippen LogP) is 5.81. The van der Waals surface area contributed by atoms with Crippen molar-refractivity contribution in [3.63, 3.8) is 0 Å². The van der Waals surface area contributed by atoms with E-state index in [0.29, 0.717) is 16.5 Å². The molecule has 0 spiro atoms. The van der Waals surface area contributed by atoms with E-state index in [1.54, 1.807) is 7.11 Å². The Kier molecular flexibility index (Phi) is 6.04. The average molecular weight is 373 g/mol. The molecular formula is C21H25ClN2O2. The number of anilines is 1. The molecule has 0 radical (unpaired) electrons. The van der Waals surface area contributed by atoms with Gasteiger partial charge in [0.1, 0.15) is 5.75 Å². The smallest absolute Gasteiger partial charge is 0.322 e. The molecule has 1 aliphatic rings. The molecule has 3 rings (SSSR count). The number of benzene rings is 2. The van der Waals surface area contributed by atoms with Crippen LogP contribution in [0.4, 0.5) is 10.5 Å². The quantitative estimate of drug-likeness (QED) is 0.739. The minimum absolute atomic E-state index is 0.0120. The normalized spacial score (nSPS) is 17.5. The zero-order chi connectivity index (χ0) is 18.5. The van der Waals surface area contributed by atoms with Crippen molar-refractivity contribution in [1.29, 1.82) is 0 Å². The highest BCUT2D eigenvalue weighted by Crippen LogP contribution is 2.35. The van der Waals surface area contributed by atoms with Crippen LogP contribution in [-0.4, -0.2) is 24.6 Å². The first-order valence-corrected chi connectivity index (χ1v) is 9.44. The summed E-state index contributed by atoms with van der Waals surface area (Å²) in [5.41, 5.74) is 2.78. The lowest BCUT2D eigenvalue weighted by Gasteiger charge is -2.31. The highest BCUT2D eigenvalue weighted by Gasteiger charge is 2.28. The van der Waals surface area contributed by atoms with Crippen LogP contribution in [0.2, 0.25) is 5.02 Å². The number of nitrogens with zero attached hydrogens (tertiary/aromatic N) is 1. The minimum Gasteiger partial charge on any atom is -0.495 e. The molecule has 4 nitrogen and oxygen atoms in total. The number of hydrogen-bond donors (Lipinski definition) is 1. The Bertz CT molecular complexity index is 778. The minimum atomic E-state index is -0.110. The number of methoxy groups -OCH3 is 1. The number of rotatable bonds is 3. The number of nitrogens with one attached hydrogen (secondary N) is 1. The van der Waals surface area contributed by atoms with Crippen LogP contribution < -0.4 is 10.1 Å². The fraction of sp³-hybridized carbons (Fsp3) is 0.381. The summed E-state index contributed by atoms with van der Waals surface area (Å²) in [5.74, 6) is 0.660. The second kappa shape index (κ2) is 8.45. The first-order valence-electron chi connectivity index (χ1n) is 9.07. The van der Waals surface area contributed by atoms with E-state index in [-0.39, 0.29) is 12.1 Å². The Morgan fingerprint density at radius 1 is 1.19 bits per heavy atom. The third-order valence-electron chi connectivity index (χ3n) is 4.87. The van der Waals surface area contributed by atoms with Crippen molar-refractivity contribution in [3.05, 3.63) is 58.6 Å². The van der Waals surface area contributed by atoms with Gasteiger partial charge in [0.05, 0.1) is 18.8 Å². The Balaban J connectivity index is 1.88. The van der Waals surface area contributed by atoms with Gasteiger partial charge in [-0.2, -0.15) is 0 Å². The highest BCUT2D eigenvalue weighted by atomic mass is 35.5. The molecule has 2 aromatic carbocycles. The Morgan fingerprint density at radius 3 is 2.77 bits per heavy atom. The summed E-state index contributed by atoms with van der Waals surface area (Å²) in [6, 6.07) is 13.5. The van der Waals surface area contributed by atoms with Gasteiger partial charge in [-0.25, -0.2) is 4.79 Å². The monoisotopic (exact) mass is 372 g/mol. The maximum atomic E-state index is 13.1. The maximum absolute atomic E-state index is 13.1. The van der Waals surface area contributed by atoms with Crippen molar-refractivity contribution in [1.82, 2.24) is 4.90 Å². The Hall–Kier alpha value is -2.20. The van der Waals surface area contributed by atoms with E-state index < -0.39 is 0 Å². The number of carbonyl (C=O) groups excluding carboxylic acids is 1. The summed E-state index contributed by atoms with van der Waals surface area (Å²) in [4.78, 5) is 15.0. The molecule has 1 saturated heterocycles. The molecule has 26 heavy (non-hydrogen) atoms. The molecule has 5 heteroatoms. The number of ether oxygens (including phenoxy) is 1. The zero-order valence-corrected chi connectivity index (χ0v) is 16.1. The molecule has 1 fully saturated rings. The van der Waals surface area contributed by atoms with Gasteiger partial charge in [0, 0.05) is 11.6 Å². The first-order chi connectivity index (χ1) is 12.6. The molecule has 2 amide bonds. The van der Waals surface area contributed by atoms with Crippen LogP contribution in [0.1, 0.15) is 42.9 Å². The van der Waals surface area contributed by atoms with E-state index in [2.05, 4.69) is 5.32 Å². The van der Waals surface area contributed by atoms with Crippen molar-refractivity contribution in [3.8, 4) is 5.75 Å². The SMILES string of the molecule is COc1ccc(C)cc1NC(=O)N1CCCCC[C@@H]1c1ccccc1Cl. The maximum Gasteiger partial charge on any atom is 0.322 e. The summed E-state index contributed by atoms with van der Waals surface area (Å²) in [6.07, 6.45) is 4.13. The van der Waals surface area contributed by atoms with E-state index >= 15 is 0 Å². The number of halogens is 1. The van der Waals surface area contributed by atoms with Crippen molar-refractivity contribution >= 4 is 23.3 Å². The van der Waals surface area contributed by atoms with Crippen molar-refractivity contribution < 1.29 is 9.53 Å². The third-order valence-corrected chi connectivity index (χ3v) is 5.22. The van der Waals surface area contributed by atoms with Crippen molar-refractivity contribution in [2.75, 3.05) is 19.0 Å². The number of hydrogen-bond acceptors (Lipinski definition) is 2. The summed E-state index contributed by atoms with van der Waals surface area (Å²) in [7, 11) is 1.61. The van der Waals surface area contributed by atoms with Gasteiger partial charge in [-0.05, 0) is 49.1 Å². The van der Waals surface area contributed by atoms with Gasteiger partial charge in [-0.3, -0.25) is 0 Å². The fourth-order valence-corrected chi connectivity index (χ4v) is 3.79. The zero-order valence-electron chi connectivity index (χ0n) is 15.3. The molecule has 0 saturated carbocycles. The number of carbonyl (C=O) groups is 1. The largest absolute Gasteiger partial charge is 0.495 e. The lowest BCUT2D eigenvalue weighted by molar-refractivity contribution is 0.189. The molecule has 138 valence electrons. The summed E-state index contributed by atoms with van der Waals surface area (Å²) < 4.78 is 5.39. The molecule has 0 aromatic heterocycles. The number of amides is 2. The first kappa shape index (κ1) is 18.6. The van der Waals surface area contributed by atoms with Crippen LogP contribution in [0.3, 0.4) is 0 Å². The molecule has 1 N–H and O–H groups in total. The van der Waals surface area contributed by atoms with Gasteiger partial charge in [0.25, 0.3) is 0 Å². The summed E-state index contributed by atoms with van der Waals surface area (Å²) in [5, 5.41) is 3.75. The lowest BCUT2D eigenvalue weighted by atomic mass is 10.0. The predicted molar refractivity (Wildman–Crippen MR) is 106 cm³/mol. The van der Waals surface area contributed by atoms with Gasteiger partial charge in [-0.1, -0.05) is 48.7 Å². The Morgan fingerprint density at radius 2 is 2.00 bits per heavy atom. The van der Waals surface area contributed by atoms with Crippen LogP contribution in [-0.2, 0) is 0 Å². The molecule has 1 atom stereocenters. The lowest BCUT2D eigenvalue weighted by Crippen LogP contribution is -2.38. The number of urea groups is 1. The van der Waals surface area contributed by atoms with Gasteiger partial charge in [-0.15, -0.1) is 0 Å². The molecule has 0 unspecified atom stereocenters. The highest BCUT2D eigenvalue weighted by molar-refractivity contribution is 6.31. The van der Waals surface area contributed by atoms with Gasteiger partial charge < -0.3 is 15.0 Å². The summed E-state index contributed by atoms with van der Waals surface area (Å²) in [6.45, 7) is 2.71. The molecule has 2 aromatic rings.